The second-order valence-electron chi connectivity index (χ2n) is 7.69. The number of rotatable bonds is 7. The first-order chi connectivity index (χ1) is 14.8. The van der Waals surface area contributed by atoms with Crippen LogP contribution in [0, 0.1) is 25.2 Å². The van der Waals surface area contributed by atoms with Gasteiger partial charge in [-0.2, -0.15) is 5.26 Å². The van der Waals surface area contributed by atoms with Crippen LogP contribution in [0.25, 0.3) is 10.9 Å². The summed E-state index contributed by atoms with van der Waals surface area (Å²) in [5.41, 5.74) is 3.52. The van der Waals surface area contributed by atoms with Crippen molar-refractivity contribution in [3.63, 3.8) is 0 Å². The highest BCUT2D eigenvalue weighted by Gasteiger charge is 2.19. The molecule has 0 bridgehead atoms. The van der Waals surface area contributed by atoms with Gasteiger partial charge in [0.05, 0.1) is 29.1 Å². The molecule has 0 spiro atoms. The van der Waals surface area contributed by atoms with Gasteiger partial charge in [-0.15, -0.1) is 0 Å². The molecule has 3 aromatic rings. The lowest BCUT2D eigenvalue weighted by molar-refractivity contribution is -0.116. The highest BCUT2D eigenvalue weighted by atomic mass is 32.2. The van der Waals surface area contributed by atoms with Crippen molar-refractivity contribution in [2.45, 2.75) is 45.3 Å². The first-order valence-corrected chi connectivity index (χ1v) is 11.2. The minimum atomic E-state index is -0.124. The van der Waals surface area contributed by atoms with E-state index in [9.17, 15) is 9.59 Å². The first-order valence-electron chi connectivity index (χ1n) is 10.2. The lowest BCUT2D eigenvalue weighted by Gasteiger charge is -2.23. The fraction of sp³-hybridized carbons (Fsp3) is 0.333. The van der Waals surface area contributed by atoms with Gasteiger partial charge in [0, 0.05) is 18.3 Å². The zero-order valence-electron chi connectivity index (χ0n) is 18.3. The summed E-state index contributed by atoms with van der Waals surface area (Å²) in [6.07, 6.45) is 0.244. The van der Waals surface area contributed by atoms with E-state index in [0.29, 0.717) is 22.6 Å². The lowest BCUT2D eigenvalue weighted by atomic mass is 10.1. The monoisotopic (exact) mass is 434 g/mol. The number of anilines is 1. The lowest BCUT2D eigenvalue weighted by Crippen LogP contribution is -2.34. The Balaban J connectivity index is 1.90. The van der Waals surface area contributed by atoms with E-state index in [2.05, 4.69) is 11.1 Å². The maximum absolute atomic E-state index is 13.1. The Morgan fingerprint density at radius 3 is 2.61 bits per heavy atom. The van der Waals surface area contributed by atoms with Crippen molar-refractivity contribution in [1.29, 1.82) is 5.26 Å². The predicted octanol–water partition coefficient (Wildman–Crippen LogP) is 4.63. The Morgan fingerprint density at radius 2 is 1.94 bits per heavy atom. The summed E-state index contributed by atoms with van der Waals surface area (Å²) in [5.74, 6) is -0.00299. The number of nitrogens with zero attached hydrogens (tertiary/aromatic N) is 4. The van der Waals surface area contributed by atoms with Gasteiger partial charge in [-0.25, -0.2) is 4.98 Å². The van der Waals surface area contributed by atoms with Crippen LogP contribution in [-0.2, 0) is 4.79 Å². The molecule has 0 saturated carbocycles. The molecule has 1 amide bonds. The highest BCUT2D eigenvalue weighted by Crippen LogP contribution is 2.24. The van der Waals surface area contributed by atoms with Gasteiger partial charge in [0.15, 0.2) is 5.16 Å². The van der Waals surface area contributed by atoms with E-state index in [1.165, 1.54) is 11.8 Å². The smallest absolute Gasteiger partial charge is 0.262 e. The number of benzene rings is 2. The van der Waals surface area contributed by atoms with Crippen LogP contribution in [0.15, 0.2) is 52.4 Å². The number of carbonyl (C=O) groups is 1. The van der Waals surface area contributed by atoms with Crippen molar-refractivity contribution in [1.82, 2.24) is 9.55 Å². The van der Waals surface area contributed by atoms with Crippen LogP contribution in [0.2, 0.25) is 0 Å². The molecule has 0 aliphatic carbocycles. The molecule has 0 radical (unpaired) electrons. The molecule has 0 atom stereocenters. The van der Waals surface area contributed by atoms with Crippen molar-refractivity contribution >= 4 is 34.3 Å². The van der Waals surface area contributed by atoms with E-state index < -0.39 is 0 Å². The summed E-state index contributed by atoms with van der Waals surface area (Å²) < 4.78 is 1.63. The third-order valence-corrected chi connectivity index (χ3v) is 6.10. The van der Waals surface area contributed by atoms with Crippen LogP contribution in [0.4, 0.5) is 5.69 Å². The van der Waals surface area contributed by atoms with E-state index in [1.54, 1.807) is 15.5 Å². The molecule has 1 aromatic heterocycles. The Labute approximate surface area is 186 Å². The molecular weight excluding hydrogens is 408 g/mol. The zero-order chi connectivity index (χ0) is 22.5. The number of carbonyl (C=O) groups excluding carboxylic acids is 1. The molecule has 0 unspecified atom stereocenters. The number of nitriles is 1. The van der Waals surface area contributed by atoms with Gasteiger partial charge < -0.3 is 4.90 Å². The SMILES string of the molecule is Cc1ccc(N(CCC#N)C(=O)CSc2nc3ccccc3c(=O)n2C(C)C)cc1C. The van der Waals surface area contributed by atoms with Crippen molar-refractivity contribution in [2.75, 3.05) is 17.2 Å². The Morgan fingerprint density at radius 1 is 1.19 bits per heavy atom. The second-order valence-corrected chi connectivity index (χ2v) is 8.63. The number of aromatic nitrogens is 2. The minimum Gasteiger partial charge on any atom is -0.311 e. The Bertz CT molecular complexity index is 1210. The third-order valence-electron chi connectivity index (χ3n) is 5.17. The average Bonchev–Trinajstić information content (AvgIpc) is 2.74. The van der Waals surface area contributed by atoms with Gasteiger partial charge in [-0.1, -0.05) is 30.0 Å². The molecular formula is C24H26N4O2S. The van der Waals surface area contributed by atoms with E-state index in [4.69, 9.17) is 5.26 Å². The molecule has 160 valence electrons. The van der Waals surface area contributed by atoms with Crippen LogP contribution in [-0.4, -0.2) is 27.8 Å². The quantitative estimate of drug-likeness (QED) is 0.400. The van der Waals surface area contributed by atoms with Gasteiger partial charge in [-0.05, 0) is 63.1 Å². The number of amides is 1. The van der Waals surface area contributed by atoms with Gasteiger partial charge in [0.2, 0.25) is 5.91 Å². The standard InChI is InChI=1S/C24H26N4O2S/c1-16(2)28-23(30)20-8-5-6-9-21(20)26-24(28)31-15-22(29)27(13-7-12-25)19-11-10-17(3)18(4)14-19/h5-6,8-11,14,16H,7,13,15H2,1-4H3. The molecule has 0 saturated heterocycles. The fourth-order valence-corrected chi connectivity index (χ4v) is 4.34. The minimum absolute atomic E-state index is 0.0864. The molecule has 0 aliphatic rings. The molecule has 31 heavy (non-hydrogen) atoms. The van der Waals surface area contributed by atoms with Crippen molar-refractivity contribution in [2.24, 2.45) is 0 Å². The number of thioether (sulfide) groups is 1. The van der Waals surface area contributed by atoms with Crippen LogP contribution in [0.5, 0.6) is 0 Å². The van der Waals surface area contributed by atoms with Crippen LogP contribution >= 0.6 is 11.8 Å². The van der Waals surface area contributed by atoms with Crippen LogP contribution in [0.3, 0.4) is 0 Å². The summed E-state index contributed by atoms with van der Waals surface area (Å²) in [6.45, 7) is 8.20. The van der Waals surface area contributed by atoms with E-state index >= 15 is 0 Å². The van der Waals surface area contributed by atoms with Crippen molar-refractivity contribution in [3.8, 4) is 6.07 Å². The molecule has 0 aliphatic heterocycles. The Hall–Kier alpha value is -3.11. The van der Waals surface area contributed by atoms with Gasteiger partial charge in [0.1, 0.15) is 0 Å². The topological polar surface area (TPSA) is 79.0 Å². The fourth-order valence-electron chi connectivity index (χ4n) is 3.34. The molecule has 3 rings (SSSR count). The summed E-state index contributed by atoms with van der Waals surface area (Å²) >= 11 is 1.25. The maximum Gasteiger partial charge on any atom is 0.262 e. The normalized spacial score (nSPS) is 11.0. The number of hydrogen-bond acceptors (Lipinski definition) is 5. The summed E-state index contributed by atoms with van der Waals surface area (Å²) in [6, 6.07) is 15.1. The molecule has 6 nitrogen and oxygen atoms in total. The molecule has 7 heteroatoms. The zero-order valence-corrected chi connectivity index (χ0v) is 19.1. The molecule has 2 aromatic carbocycles. The number of aryl methyl sites for hydroxylation is 2. The number of para-hydroxylation sites is 1. The van der Waals surface area contributed by atoms with Gasteiger partial charge >= 0.3 is 0 Å². The molecule has 0 fully saturated rings. The third kappa shape index (κ3) is 4.97. The summed E-state index contributed by atoms with van der Waals surface area (Å²) in [4.78, 5) is 32.4. The van der Waals surface area contributed by atoms with E-state index in [1.807, 2.05) is 64.1 Å². The Kier molecular flexibility index (Phi) is 7.13. The second kappa shape index (κ2) is 9.80. The van der Waals surface area contributed by atoms with Crippen LogP contribution in [0.1, 0.15) is 37.4 Å². The largest absolute Gasteiger partial charge is 0.311 e. The molecule has 1 heterocycles. The number of fused-ring (bicyclic) bond motifs is 1. The van der Waals surface area contributed by atoms with Gasteiger partial charge in [0.25, 0.3) is 5.56 Å². The highest BCUT2D eigenvalue weighted by molar-refractivity contribution is 7.99. The molecule has 0 N–H and O–H groups in total. The van der Waals surface area contributed by atoms with E-state index in [0.717, 1.165) is 16.8 Å². The first kappa shape index (κ1) is 22.6. The summed E-state index contributed by atoms with van der Waals surface area (Å²) in [5, 5.41) is 10.1. The van der Waals surface area contributed by atoms with Gasteiger partial charge in [-0.3, -0.25) is 14.2 Å². The van der Waals surface area contributed by atoms with Crippen LogP contribution < -0.4 is 10.5 Å². The number of hydrogen-bond donors (Lipinski definition) is 0. The summed E-state index contributed by atoms with van der Waals surface area (Å²) in [7, 11) is 0. The van der Waals surface area contributed by atoms with Crippen molar-refractivity contribution in [3.05, 3.63) is 63.9 Å². The predicted molar refractivity (Wildman–Crippen MR) is 126 cm³/mol. The average molecular weight is 435 g/mol. The van der Waals surface area contributed by atoms with E-state index in [-0.39, 0.29) is 29.7 Å². The maximum atomic E-state index is 13.1. The van der Waals surface area contributed by atoms with Crippen molar-refractivity contribution < 1.29 is 4.79 Å².